The third-order valence-corrected chi connectivity index (χ3v) is 6.68. The maximum atomic E-state index is 12.4. The predicted octanol–water partition coefficient (Wildman–Crippen LogP) is 3.75. The van der Waals surface area contributed by atoms with Gasteiger partial charge in [0.2, 0.25) is 0 Å². The van der Waals surface area contributed by atoms with Crippen LogP contribution in [0.1, 0.15) is 22.6 Å². The predicted molar refractivity (Wildman–Crippen MR) is 121 cm³/mol. The highest BCUT2D eigenvalue weighted by Gasteiger charge is 2.30. The van der Waals surface area contributed by atoms with Crippen LogP contribution in [0.5, 0.6) is 5.19 Å². The highest BCUT2D eigenvalue weighted by atomic mass is 32.1. The summed E-state index contributed by atoms with van der Waals surface area (Å²) in [7, 11) is 0. The van der Waals surface area contributed by atoms with E-state index < -0.39 is 18.9 Å². The monoisotopic (exact) mass is 515 g/mol. The van der Waals surface area contributed by atoms with Gasteiger partial charge >= 0.3 is 12.3 Å². The van der Waals surface area contributed by atoms with Crippen LogP contribution in [0, 0.1) is 5.92 Å². The number of ether oxygens (including phenoxy) is 4. The fraction of sp³-hybridized carbons (Fsp3) is 0.565. The molecule has 2 aliphatic heterocycles. The molecule has 0 unspecified atom stereocenters. The number of carbonyl (C=O) groups excluding carboxylic acids is 1. The van der Waals surface area contributed by atoms with E-state index in [2.05, 4.69) is 15.2 Å². The van der Waals surface area contributed by atoms with Gasteiger partial charge in [-0.3, -0.25) is 4.90 Å². The summed E-state index contributed by atoms with van der Waals surface area (Å²) in [5, 5.41) is 2.81. The van der Waals surface area contributed by atoms with Crippen molar-refractivity contribution in [3.05, 3.63) is 46.5 Å². The van der Waals surface area contributed by atoms with Gasteiger partial charge in [-0.15, -0.1) is 0 Å². The molecule has 0 radical (unpaired) electrons. The van der Waals surface area contributed by atoms with Gasteiger partial charge in [-0.2, -0.15) is 13.2 Å². The lowest BCUT2D eigenvalue weighted by molar-refractivity contribution is -0.203. The molecule has 0 atom stereocenters. The van der Waals surface area contributed by atoms with Gasteiger partial charge in [0.25, 0.3) is 5.19 Å². The highest BCUT2D eigenvalue weighted by Crippen LogP contribution is 2.31. The first-order valence-corrected chi connectivity index (χ1v) is 12.2. The van der Waals surface area contributed by atoms with Crippen molar-refractivity contribution in [3.8, 4) is 5.19 Å². The average Bonchev–Trinajstić information content (AvgIpc) is 3.27. The average molecular weight is 516 g/mol. The van der Waals surface area contributed by atoms with Gasteiger partial charge in [-0.25, -0.2) is 9.78 Å². The van der Waals surface area contributed by atoms with E-state index in [9.17, 15) is 18.0 Å². The number of nitrogens with one attached hydrogen (secondary N) is 1. The zero-order chi connectivity index (χ0) is 24.7. The van der Waals surface area contributed by atoms with Crippen LogP contribution in [0.15, 0.2) is 30.3 Å². The molecule has 1 saturated heterocycles. The lowest BCUT2D eigenvalue weighted by Gasteiger charge is -2.32. The van der Waals surface area contributed by atoms with Gasteiger partial charge in [-0.05, 0) is 12.0 Å². The van der Waals surface area contributed by atoms with Crippen molar-refractivity contribution in [2.24, 2.45) is 5.92 Å². The molecule has 3 heterocycles. The van der Waals surface area contributed by atoms with E-state index in [4.69, 9.17) is 18.9 Å². The van der Waals surface area contributed by atoms with E-state index in [-0.39, 0.29) is 24.0 Å². The number of alkyl carbamates (subject to hydrolysis) is 1. The topological polar surface area (TPSA) is 82.2 Å². The molecule has 0 spiro atoms. The number of aromatic nitrogens is 1. The summed E-state index contributed by atoms with van der Waals surface area (Å²) >= 11 is 1.18. The van der Waals surface area contributed by atoms with Gasteiger partial charge in [0.15, 0.2) is 12.9 Å². The quantitative estimate of drug-likeness (QED) is 0.545. The summed E-state index contributed by atoms with van der Waals surface area (Å²) in [6.45, 7) is 2.30. The lowest BCUT2D eigenvalue weighted by atomic mass is 10.1. The van der Waals surface area contributed by atoms with Gasteiger partial charge < -0.3 is 24.3 Å². The number of halogens is 3. The number of fused-ring (bicyclic) bond motifs is 1. The summed E-state index contributed by atoms with van der Waals surface area (Å²) in [4.78, 5) is 19.3. The number of thiazole rings is 1. The second kappa shape index (κ2) is 12.0. The highest BCUT2D eigenvalue weighted by molar-refractivity contribution is 7.13. The van der Waals surface area contributed by atoms with Gasteiger partial charge in [0.1, 0.15) is 6.61 Å². The first kappa shape index (κ1) is 25.7. The third kappa shape index (κ3) is 8.34. The van der Waals surface area contributed by atoms with Gasteiger partial charge in [-0.1, -0.05) is 41.7 Å². The molecule has 192 valence electrons. The van der Waals surface area contributed by atoms with E-state index in [0.717, 1.165) is 35.6 Å². The van der Waals surface area contributed by atoms with Gasteiger partial charge in [0, 0.05) is 43.4 Å². The molecule has 2 aliphatic rings. The molecular formula is C23H28F3N3O5S. The van der Waals surface area contributed by atoms with Gasteiger partial charge in [0.05, 0.1) is 18.9 Å². The molecule has 35 heavy (non-hydrogen) atoms. The van der Waals surface area contributed by atoms with E-state index in [1.807, 2.05) is 30.3 Å². The van der Waals surface area contributed by atoms with Crippen LogP contribution in [-0.2, 0) is 33.8 Å². The normalized spacial score (nSPS) is 20.8. The lowest BCUT2D eigenvalue weighted by Crippen LogP contribution is -2.41. The summed E-state index contributed by atoms with van der Waals surface area (Å²) < 4.78 is 58.6. The Balaban J connectivity index is 1.10. The molecule has 1 N–H and O–H groups in total. The molecule has 0 bridgehead atoms. The molecule has 2 aromatic rings. The molecule has 1 aromatic heterocycles. The van der Waals surface area contributed by atoms with Crippen molar-refractivity contribution in [2.75, 3.05) is 39.5 Å². The zero-order valence-electron chi connectivity index (χ0n) is 19.1. The Kier molecular flexibility index (Phi) is 8.82. The van der Waals surface area contributed by atoms with Crippen molar-refractivity contribution >= 4 is 17.4 Å². The van der Waals surface area contributed by atoms with Crippen LogP contribution in [0.25, 0.3) is 0 Å². The fourth-order valence-corrected chi connectivity index (χ4v) is 4.69. The van der Waals surface area contributed by atoms with Crippen LogP contribution in [0.2, 0.25) is 0 Å². The van der Waals surface area contributed by atoms with E-state index in [0.29, 0.717) is 32.7 Å². The molecule has 4 rings (SSSR count). The molecular weight excluding hydrogens is 487 g/mol. The van der Waals surface area contributed by atoms with Crippen LogP contribution in [-0.4, -0.2) is 67.9 Å². The van der Waals surface area contributed by atoms with E-state index in [1.165, 1.54) is 11.3 Å². The number of rotatable bonds is 9. The van der Waals surface area contributed by atoms with Crippen LogP contribution in [0.3, 0.4) is 0 Å². The first-order chi connectivity index (χ1) is 16.8. The minimum absolute atomic E-state index is 0.0400. The van der Waals surface area contributed by atoms with Crippen molar-refractivity contribution in [1.29, 1.82) is 0 Å². The van der Waals surface area contributed by atoms with Crippen LogP contribution >= 0.6 is 11.3 Å². The Morgan fingerprint density at radius 1 is 1.23 bits per heavy atom. The van der Waals surface area contributed by atoms with Crippen molar-refractivity contribution in [3.63, 3.8) is 0 Å². The summed E-state index contributed by atoms with van der Waals surface area (Å²) in [6.07, 6.45) is -3.80. The minimum Gasteiger partial charge on any atom is -0.460 e. The maximum Gasteiger partial charge on any atom is 0.422 e. The van der Waals surface area contributed by atoms with Crippen LogP contribution < -0.4 is 10.1 Å². The van der Waals surface area contributed by atoms with Crippen LogP contribution in [0.4, 0.5) is 18.0 Å². The maximum absolute atomic E-state index is 12.4. The number of benzene rings is 1. The second-order valence-electron chi connectivity index (χ2n) is 8.47. The van der Waals surface area contributed by atoms with E-state index in [1.54, 1.807) is 0 Å². The summed E-state index contributed by atoms with van der Waals surface area (Å²) in [5.74, 6) is 0.0400. The number of carbonyl (C=O) groups is 1. The Morgan fingerprint density at radius 3 is 2.74 bits per heavy atom. The fourth-order valence-electron chi connectivity index (χ4n) is 3.78. The number of nitrogens with zero attached hydrogens (tertiary/aromatic N) is 2. The molecule has 1 fully saturated rings. The number of hydrogen-bond donors (Lipinski definition) is 1. The second-order valence-corrected chi connectivity index (χ2v) is 9.52. The number of amides is 1. The SMILES string of the molecule is O=C(NCC1COC(CCN2CCc3sc(OCC(F)(F)F)nc3C2)OC1)OCc1ccccc1. The zero-order valence-corrected chi connectivity index (χ0v) is 19.9. The molecule has 8 nitrogen and oxygen atoms in total. The summed E-state index contributed by atoms with van der Waals surface area (Å²) in [5.41, 5.74) is 1.69. The molecule has 0 saturated carbocycles. The Labute approximate surface area is 205 Å². The molecule has 1 amide bonds. The first-order valence-electron chi connectivity index (χ1n) is 11.4. The van der Waals surface area contributed by atoms with Crippen molar-refractivity contribution in [1.82, 2.24) is 15.2 Å². The Hall–Kier alpha value is -2.41. The Bertz CT molecular complexity index is 952. The standard InChI is InChI=1S/C23H28F3N3O5S/c24-23(25,26)15-34-22-28-18-11-29(8-6-19(18)35-22)9-7-20-31-13-17(14-32-20)10-27-21(30)33-12-16-4-2-1-3-5-16/h1-5,17,20H,6-15H2,(H,27,30). The van der Waals surface area contributed by atoms with Crippen molar-refractivity contribution < 1.29 is 36.9 Å². The number of alkyl halides is 3. The third-order valence-electron chi connectivity index (χ3n) is 5.61. The molecule has 12 heteroatoms. The Morgan fingerprint density at radius 2 is 2.00 bits per heavy atom. The minimum atomic E-state index is -4.38. The van der Waals surface area contributed by atoms with Crippen molar-refractivity contribution in [2.45, 2.75) is 38.5 Å². The number of hydrogen-bond acceptors (Lipinski definition) is 8. The smallest absolute Gasteiger partial charge is 0.422 e. The molecule has 0 aliphatic carbocycles. The molecule has 1 aromatic carbocycles. The van der Waals surface area contributed by atoms with E-state index >= 15 is 0 Å². The largest absolute Gasteiger partial charge is 0.460 e. The summed E-state index contributed by atoms with van der Waals surface area (Å²) in [6, 6.07) is 9.46.